The summed E-state index contributed by atoms with van der Waals surface area (Å²) < 4.78 is 14.4. The quantitative estimate of drug-likeness (QED) is 0.878. The van der Waals surface area contributed by atoms with Crippen molar-refractivity contribution in [2.75, 3.05) is 5.32 Å². The molecule has 0 saturated carbocycles. The fourth-order valence-electron chi connectivity index (χ4n) is 1.86. The van der Waals surface area contributed by atoms with Crippen LogP contribution in [0.3, 0.4) is 0 Å². The van der Waals surface area contributed by atoms with Gasteiger partial charge in [0.25, 0.3) is 0 Å². The van der Waals surface area contributed by atoms with Crippen molar-refractivity contribution in [2.24, 2.45) is 0 Å². The zero-order valence-electron chi connectivity index (χ0n) is 10.8. The molecule has 0 radical (unpaired) electrons. The van der Waals surface area contributed by atoms with Crippen molar-refractivity contribution in [3.8, 4) is 0 Å². The Hall–Kier alpha value is -1.88. The monoisotopic (exact) mass is 337 g/mol. The number of carboxylic acids is 1. The van der Waals surface area contributed by atoms with Gasteiger partial charge in [-0.25, -0.2) is 9.18 Å². The summed E-state index contributed by atoms with van der Waals surface area (Å²) >= 11 is 3.30. The minimum Gasteiger partial charge on any atom is -0.478 e. The standard InChI is InChI=1S/C15H13BrFNO2/c1-9-6-10(15(19)20)2-5-14(9)18-8-11-7-12(16)3-4-13(11)17/h2-7,18H,8H2,1H3,(H,19,20). The number of nitrogens with one attached hydrogen (secondary N) is 1. The highest BCUT2D eigenvalue weighted by Gasteiger charge is 2.07. The first-order valence-corrected chi connectivity index (χ1v) is 6.78. The van der Waals surface area contributed by atoms with Crippen LogP contribution >= 0.6 is 15.9 Å². The van der Waals surface area contributed by atoms with E-state index < -0.39 is 5.97 Å². The van der Waals surface area contributed by atoms with E-state index in [0.717, 1.165) is 15.7 Å². The van der Waals surface area contributed by atoms with Gasteiger partial charge in [-0.05, 0) is 48.9 Å². The van der Waals surface area contributed by atoms with Gasteiger partial charge >= 0.3 is 5.97 Å². The normalized spacial score (nSPS) is 10.3. The van der Waals surface area contributed by atoms with Crippen molar-refractivity contribution in [1.82, 2.24) is 0 Å². The summed E-state index contributed by atoms with van der Waals surface area (Å²) in [4.78, 5) is 10.9. The van der Waals surface area contributed by atoms with Gasteiger partial charge < -0.3 is 10.4 Å². The van der Waals surface area contributed by atoms with Crippen LogP contribution in [0.2, 0.25) is 0 Å². The Morgan fingerprint density at radius 3 is 2.70 bits per heavy atom. The first-order chi connectivity index (χ1) is 9.47. The van der Waals surface area contributed by atoms with Crippen LogP contribution in [0.5, 0.6) is 0 Å². The Morgan fingerprint density at radius 1 is 1.30 bits per heavy atom. The Labute approximate surface area is 124 Å². The first kappa shape index (κ1) is 14.5. The number of hydrogen-bond donors (Lipinski definition) is 2. The SMILES string of the molecule is Cc1cc(C(=O)O)ccc1NCc1cc(Br)ccc1F. The van der Waals surface area contributed by atoms with Crippen LogP contribution in [-0.2, 0) is 6.54 Å². The van der Waals surface area contributed by atoms with Crippen molar-refractivity contribution in [3.63, 3.8) is 0 Å². The van der Waals surface area contributed by atoms with Gasteiger partial charge in [0.2, 0.25) is 0 Å². The minimum atomic E-state index is -0.960. The Kier molecular flexibility index (Phi) is 4.39. The van der Waals surface area contributed by atoms with Crippen LogP contribution in [-0.4, -0.2) is 11.1 Å². The molecule has 3 nitrogen and oxygen atoms in total. The van der Waals surface area contributed by atoms with E-state index in [0.29, 0.717) is 12.1 Å². The Balaban J connectivity index is 2.15. The van der Waals surface area contributed by atoms with E-state index in [9.17, 15) is 9.18 Å². The summed E-state index contributed by atoms with van der Waals surface area (Å²) in [5.41, 5.74) is 2.37. The number of carbonyl (C=O) groups is 1. The van der Waals surface area contributed by atoms with Gasteiger partial charge in [0, 0.05) is 22.3 Å². The van der Waals surface area contributed by atoms with Crippen LogP contribution in [0.1, 0.15) is 21.5 Å². The van der Waals surface area contributed by atoms with Gasteiger partial charge in [-0.15, -0.1) is 0 Å². The van der Waals surface area contributed by atoms with E-state index in [1.165, 1.54) is 12.1 Å². The summed E-state index contributed by atoms with van der Waals surface area (Å²) in [7, 11) is 0. The third-order valence-corrected chi connectivity index (χ3v) is 3.44. The molecule has 0 aliphatic carbocycles. The number of aromatic carboxylic acids is 1. The molecule has 2 aromatic carbocycles. The van der Waals surface area contributed by atoms with Crippen molar-refractivity contribution in [3.05, 3.63) is 63.4 Å². The highest BCUT2D eigenvalue weighted by atomic mass is 79.9. The van der Waals surface area contributed by atoms with Crippen molar-refractivity contribution >= 4 is 27.6 Å². The number of halogens is 2. The predicted octanol–water partition coefficient (Wildman–Crippen LogP) is 4.21. The lowest BCUT2D eigenvalue weighted by Crippen LogP contribution is -2.04. The highest BCUT2D eigenvalue weighted by molar-refractivity contribution is 9.10. The number of hydrogen-bond acceptors (Lipinski definition) is 2. The average Bonchev–Trinajstić information content (AvgIpc) is 2.40. The molecule has 2 rings (SSSR count). The largest absolute Gasteiger partial charge is 0.478 e. The summed E-state index contributed by atoms with van der Waals surface area (Å²) in [5.74, 6) is -1.24. The van der Waals surface area contributed by atoms with Crippen LogP contribution in [0.4, 0.5) is 10.1 Å². The minimum absolute atomic E-state index is 0.238. The van der Waals surface area contributed by atoms with Gasteiger partial charge in [-0.3, -0.25) is 0 Å². The molecule has 2 aromatic rings. The molecule has 0 aliphatic heterocycles. The topological polar surface area (TPSA) is 49.3 Å². The van der Waals surface area contributed by atoms with Gasteiger partial charge in [0.15, 0.2) is 0 Å². The number of benzene rings is 2. The van der Waals surface area contributed by atoms with E-state index >= 15 is 0 Å². The summed E-state index contributed by atoms with van der Waals surface area (Å²) in [6, 6.07) is 9.56. The lowest BCUT2D eigenvalue weighted by molar-refractivity contribution is 0.0697. The molecule has 0 fully saturated rings. The van der Waals surface area contributed by atoms with Crippen molar-refractivity contribution < 1.29 is 14.3 Å². The van der Waals surface area contributed by atoms with Crippen molar-refractivity contribution in [2.45, 2.75) is 13.5 Å². The zero-order valence-corrected chi connectivity index (χ0v) is 12.4. The van der Waals surface area contributed by atoms with Gasteiger partial charge in [0.05, 0.1) is 5.56 Å². The van der Waals surface area contributed by atoms with Crippen LogP contribution in [0.15, 0.2) is 40.9 Å². The molecule has 0 amide bonds. The third-order valence-electron chi connectivity index (χ3n) is 2.95. The number of anilines is 1. The molecule has 2 N–H and O–H groups in total. The second-order valence-electron chi connectivity index (χ2n) is 4.42. The molecule has 0 saturated heterocycles. The fourth-order valence-corrected chi connectivity index (χ4v) is 2.27. The van der Waals surface area contributed by atoms with Gasteiger partial charge in [-0.1, -0.05) is 15.9 Å². The second kappa shape index (κ2) is 6.05. The lowest BCUT2D eigenvalue weighted by atomic mass is 10.1. The van der Waals surface area contributed by atoms with Crippen LogP contribution in [0.25, 0.3) is 0 Å². The lowest BCUT2D eigenvalue weighted by Gasteiger charge is -2.11. The molecule has 0 heterocycles. The number of rotatable bonds is 4. The predicted molar refractivity (Wildman–Crippen MR) is 79.6 cm³/mol. The molecule has 0 spiro atoms. The number of aryl methyl sites for hydroxylation is 1. The molecule has 104 valence electrons. The molecule has 0 aromatic heterocycles. The number of carboxylic acid groups (broad SMARTS) is 1. The smallest absolute Gasteiger partial charge is 0.335 e. The van der Waals surface area contributed by atoms with Crippen molar-refractivity contribution in [1.29, 1.82) is 0 Å². The van der Waals surface area contributed by atoms with Crippen LogP contribution in [0, 0.1) is 12.7 Å². The first-order valence-electron chi connectivity index (χ1n) is 5.99. The maximum Gasteiger partial charge on any atom is 0.335 e. The maximum atomic E-state index is 13.6. The van der Waals surface area contributed by atoms with E-state index in [1.54, 1.807) is 24.3 Å². The average molecular weight is 338 g/mol. The fraction of sp³-hybridized carbons (Fsp3) is 0.133. The van der Waals surface area contributed by atoms with Crippen LogP contribution < -0.4 is 5.32 Å². The zero-order chi connectivity index (χ0) is 14.7. The van der Waals surface area contributed by atoms with E-state index in [4.69, 9.17) is 5.11 Å². The highest BCUT2D eigenvalue weighted by Crippen LogP contribution is 2.20. The summed E-state index contributed by atoms with van der Waals surface area (Å²) in [5, 5.41) is 12.0. The van der Waals surface area contributed by atoms with E-state index in [1.807, 2.05) is 6.92 Å². The molecule has 0 bridgehead atoms. The maximum absolute atomic E-state index is 13.6. The third kappa shape index (κ3) is 3.36. The molecular formula is C15H13BrFNO2. The van der Waals surface area contributed by atoms with Gasteiger partial charge in [-0.2, -0.15) is 0 Å². The Morgan fingerprint density at radius 2 is 2.05 bits per heavy atom. The Bertz CT molecular complexity index is 658. The molecule has 0 unspecified atom stereocenters. The summed E-state index contributed by atoms with van der Waals surface area (Å²) in [6.45, 7) is 2.14. The molecule has 0 atom stereocenters. The van der Waals surface area contributed by atoms with E-state index in [-0.39, 0.29) is 11.4 Å². The van der Waals surface area contributed by atoms with Gasteiger partial charge in [0.1, 0.15) is 5.82 Å². The molecule has 0 aliphatic rings. The summed E-state index contributed by atoms with van der Waals surface area (Å²) in [6.07, 6.45) is 0. The molecular weight excluding hydrogens is 325 g/mol. The van der Waals surface area contributed by atoms with E-state index in [2.05, 4.69) is 21.2 Å². The molecule has 5 heteroatoms. The molecule has 20 heavy (non-hydrogen) atoms. The second-order valence-corrected chi connectivity index (χ2v) is 5.34.